The summed E-state index contributed by atoms with van der Waals surface area (Å²) in [5, 5.41) is 0. The molecule has 0 saturated carbocycles. The van der Waals surface area contributed by atoms with Crippen molar-refractivity contribution >= 4 is 7.12 Å². The fourth-order valence-corrected chi connectivity index (χ4v) is 5.80. The molecule has 4 aromatic rings. The van der Waals surface area contributed by atoms with Crippen molar-refractivity contribution in [1.82, 2.24) is 0 Å². The lowest BCUT2D eigenvalue weighted by molar-refractivity contribution is -0.136. The Hall–Kier alpha value is -3.48. The third-order valence-electron chi connectivity index (χ3n) is 7.49. The molecule has 0 N–H and O–H groups in total. The lowest BCUT2D eigenvalue weighted by atomic mass is 9.71. The number of rotatable bonds is 10. The van der Waals surface area contributed by atoms with Crippen LogP contribution in [0.2, 0.25) is 6.32 Å². The highest BCUT2D eigenvalue weighted by Gasteiger charge is 2.61. The highest BCUT2D eigenvalue weighted by molar-refractivity contribution is 6.45. The van der Waals surface area contributed by atoms with Gasteiger partial charge in [0.25, 0.3) is 0 Å². The second-order valence-electron chi connectivity index (χ2n) is 9.41. The van der Waals surface area contributed by atoms with Gasteiger partial charge in [0.15, 0.2) is 0 Å². The Labute approximate surface area is 226 Å². The van der Waals surface area contributed by atoms with Crippen LogP contribution < -0.4 is 0 Å². The van der Waals surface area contributed by atoms with E-state index in [-0.39, 0.29) is 0 Å². The van der Waals surface area contributed by atoms with Crippen LogP contribution in [0.25, 0.3) is 0 Å². The van der Waals surface area contributed by atoms with E-state index < -0.39 is 30.5 Å². The molecule has 5 rings (SSSR count). The monoisotopic (exact) mass is 504 g/mol. The van der Waals surface area contributed by atoms with Gasteiger partial charge in [0.2, 0.25) is 0 Å². The van der Waals surface area contributed by atoms with Crippen LogP contribution in [0.1, 0.15) is 22.3 Å². The Balaban J connectivity index is 1.80. The van der Waals surface area contributed by atoms with Gasteiger partial charge in [0.1, 0.15) is 23.4 Å². The van der Waals surface area contributed by atoms with Crippen molar-refractivity contribution < 1.29 is 18.8 Å². The van der Waals surface area contributed by atoms with Gasteiger partial charge in [-0.05, 0) is 22.3 Å². The minimum Gasteiger partial charge on any atom is -0.402 e. The van der Waals surface area contributed by atoms with Crippen molar-refractivity contribution in [2.24, 2.45) is 0 Å². The Morgan fingerprint density at radius 2 is 0.895 bits per heavy atom. The molecule has 0 spiro atoms. The van der Waals surface area contributed by atoms with E-state index in [0.717, 1.165) is 22.3 Å². The van der Waals surface area contributed by atoms with E-state index in [1.54, 1.807) is 14.2 Å². The highest BCUT2D eigenvalue weighted by atomic mass is 16.7. The second-order valence-corrected chi connectivity index (χ2v) is 9.41. The number of methoxy groups -OCH3 is 2. The Morgan fingerprint density at radius 1 is 0.605 bits per heavy atom. The first-order chi connectivity index (χ1) is 18.7. The van der Waals surface area contributed by atoms with Crippen LogP contribution in [0.4, 0.5) is 0 Å². The van der Waals surface area contributed by atoms with Crippen molar-refractivity contribution in [3.05, 3.63) is 156 Å². The topological polar surface area (TPSA) is 36.9 Å². The summed E-state index contributed by atoms with van der Waals surface area (Å²) in [7, 11) is 2.95. The summed E-state index contributed by atoms with van der Waals surface area (Å²) in [5.41, 5.74) is 1.90. The SMILES string of the molecule is C=CCB1O[C@@H](C(OC)(c2ccccc2)c2ccccc2)[C@H](C(OC)(c2ccccc2)c2ccccc2)O1. The lowest BCUT2D eigenvalue weighted by Crippen LogP contribution is -2.56. The molecule has 1 fully saturated rings. The number of benzene rings is 4. The molecule has 192 valence electrons. The molecule has 4 aromatic carbocycles. The summed E-state index contributed by atoms with van der Waals surface area (Å²) >= 11 is 0. The van der Waals surface area contributed by atoms with Crippen molar-refractivity contribution in [1.29, 1.82) is 0 Å². The zero-order valence-corrected chi connectivity index (χ0v) is 21.9. The number of ether oxygens (including phenoxy) is 2. The predicted molar refractivity (Wildman–Crippen MR) is 152 cm³/mol. The van der Waals surface area contributed by atoms with E-state index >= 15 is 0 Å². The van der Waals surface area contributed by atoms with Crippen LogP contribution in [0.5, 0.6) is 0 Å². The average Bonchev–Trinajstić information content (AvgIpc) is 3.41. The molecule has 0 amide bonds. The molecule has 1 aliphatic heterocycles. The molecule has 0 aromatic heterocycles. The fourth-order valence-electron chi connectivity index (χ4n) is 5.80. The van der Waals surface area contributed by atoms with Gasteiger partial charge in [-0.25, -0.2) is 0 Å². The molecule has 1 saturated heterocycles. The third-order valence-corrected chi connectivity index (χ3v) is 7.49. The quantitative estimate of drug-likeness (QED) is 0.180. The molecule has 0 radical (unpaired) electrons. The maximum atomic E-state index is 6.83. The molecule has 1 aliphatic rings. The second kappa shape index (κ2) is 11.5. The molecular formula is C33H33BO4. The molecule has 0 bridgehead atoms. The molecule has 0 aliphatic carbocycles. The first-order valence-corrected chi connectivity index (χ1v) is 12.9. The van der Waals surface area contributed by atoms with E-state index in [2.05, 4.69) is 55.1 Å². The molecule has 38 heavy (non-hydrogen) atoms. The van der Waals surface area contributed by atoms with Gasteiger partial charge in [-0.2, -0.15) is 0 Å². The van der Waals surface area contributed by atoms with Gasteiger partial charge in [0.05, 0.1) is 0 Å². The molecule has 5 heteroatoms. The van der Waals surface area contributed by atoms with E-state index in [1.165, 1.54) is 0 Å². The molecule has 0 unspecified atom stereocenters. The van der Waals surface area contributed by atoms with E-state index in [4.69, 9.17) is 18.8 Å². The maximum Gasteiger partial charge on any atom is 0.461 e. The first kappa shape index (κ1) is 26.1. The van der Waals surface area contributed by atoms with Gasteiger partial charge >= 0.3 is 7.12 Å². The summed E-state index contributed by atoms with van der Waals surface area (Å²) in [5.74, 6) is 0. The summed E-state index contributed by atoms with van der Waals surface area (Å²) < 4.78 is 26.8. The van der Waals surface area contributed by atoms with Crippen molar-refractivity contribution in [3.63, 3.8) is 0 Å². The van der Waals surface area contributed by atoms with Crippen molar-refractivity contribution in [2.45, 2.75) is 29.7 Å². The van der Waals surface area contributed by atoms with Gasteiger partial charge in [-0.15, -0.1) is 6.58 Å². The normalized spacial score (nSPS) is 17.9. The Bertz CT molecular complexity index is 1120. The smallest absolute Gasteiger partial charge is 0.402 e. The van der Waals surface area contributed by atoms with Crippen LogP contribution >= 0.6 is 0 Å². The van der Waals surface area contributed by atoms with Gasteiger partial charge in [-0.3, -0.25) is 0 Å². The van der Waals surface area contributed by atoms with Gasteiger partial charge in [0, 0.05) is 20.5 Å². The van der Waals surface area contributed by atoms with Crippen LogP contribution in [-0.4, -0.2) is 33.5 Å². The summed E-state index contributed by atoms with van der Waals surface area (Å²) in [6.45, 7) is 3.95. The van der Waals surface area contributed by atoms with E-state index in [9.17, 15) is 0 Å². The Morgan fingerprint density at radius 3 is 1.13 bits per heavy atom. The van der Waals surface area contributed by atoms with Crippen LogP contribution in [-0.2, 0) is 30.0 Å². The van der Waals surface area contributed by atoms with Crippen molar-refractivity contribution in [2.75, 3.05) is 14.2 Å². The van der Waals surface area contributed by atoms with Crippen LogP contribution in [0.15, 0.2) is 134 Å². The standard InChI is InChI=1S/C33H33BO4/c1-4-25-34-37-30(32(35-2,26-17-9-5-10-18-26)27-19-11-6-12-20-27)31(38-34)33(36-3,28-21-13-7-14-22-28)29-23-15-8-16-24-29/h4-24,30-31H,1,25H2,2-3H3/t30-,31-/m1/s1. The largest absolute Gasteiger partial charge is 0.461 e. The van der Waals surface area contributed by atoms with Crippen molar-refractivity contribution in [3.8, 4) is 0 Å². The van der Waals surface area contributed by atoms with E-state index in [1.807, 2.05) is 78.9 Å². The first-order valence-electron chi connectivity index (χ1n) is 12.9. The van der Waals surface area contributed by atoms with E-state index in [0.29, 0.717) is 6.32 Å². The minimum absolute atomic E-state index is 0.522. The zero-order valence-electron chi connectivity index (χ0n) is 21.9. The fraction of sp³-hybridized carbons (Fsp3) is 0.212. The maximum absolute atomic E-state index is 6.83. The Kier molecular flexibility index (Phi) is 7.91. The molecule has 2 atom stereocenters. The number of hydrogen-bond donors (Lipinski definition) is 0. The van der Waals surface area contributed by atoms with Gasteiger partial charge in [-0.1, -0.05) is 127 Å². The minimum atomic E-state index is -0.990. The van der Waals surface area contributed by atoms with Gasteiger partial charge < -0.3 is 18.8 Å². The van der Waals surface area contributed by atoms with Crippen LogP contribution in [0.3, 0.4) is 0 Å². The third kappa shape index (κ3) is 4.42. The summed E-state index contributed by atoms with van der Waals surface area (Å²) in [4.78, 5) is 0. The summed E-state index contributed by atoms with van der Waals surface area (Å²) in [6.07, 6.45) is 1.19. The number of hydrogen-bond acceptors (Lipinski definition) is 4. The molecule has 4 nitrogen and oxygen atoms in total. The molecule has 1 heterocycles. The summed E-state index contributed by atoms with van der Waals surface area (Å²) in [6, 6.07) is 40.9. The number of allylic oxidation sites excluding steroid dienone is 1. The molecular weight excluding hydrogens is 471 g/mol. The average molecular weight is 504 g/mol. The zero-order chi connectivity index (χ0) is 26.4. The lowest BCUT2D eigenvalue weighted by Gasteiger charge is -2.47. The highest BCUT2D eigenvalue weighted by Crippen LogP contribution is 2.50. The van der Waals surface area contributed by atoms with Crippen LogP contribution in [0, 0.1) is 0 Å². The predicted octanol–water partition coefficient (Wildman–Crippen LogP) is 6.63.